The largest absolute Gasteiger partial charge is 0.462 e. The molecule has 1 aliphatic carbocycles. The summed E-state index contributed by atoms with van der Waals surface area (Å²) in [5.41, 5.74) is 1.21. The van der Waals surface area contributed by atoms with E-state index in [0.29, 0.717) is 29.2 Å². The molecule has 0 bridgehead atoms. The van der Waals surface area contributed by atoms with Crippen LogP contribution in [0.15, 0.2) is 48.5 Å². The first-order valence-corrected chi connectivity index (χ1v) is 13.0. The number of rotatable bonds is 8. The van der Waals surface area contributed by atoms with Crippen LogP contribution in [0.1, 0.15) is 57.0 Å². The summed E-state index contributed by atoms with van der Waals surface area (Å²) in [5.74, 6) is -1.65. The molecular weight excluding hydrogens is 492 g/mol. The number of carbonyl (C=O) groups is 4. The highest BCUT2D eigenvalue weighted by molar-refractivity contribution is 6.30. The van der Waals surface area contributed by atoms with Gasteiger partial charge in [0.2, 0.25) is 11.8 Å². The third kappa shape index (κ3) is 4.89. The molecule has 1 unspecified atom stereocenters. The first kappa shape index (κ1) is 26.9. The summed E-state index contributed by atoms with van der Waals surface area (Å²) in [6.07, 6.45) is 0.416. The van der Waals surface area contributed by atoms with Gasteiger partial charge in [-0.2, -0.15) is 0 Å². The molecule has 1 aliphatic heterocycles. The number of imide groups is 1. The van der Waals surface area contributed by atoms with E-state index in [1.165, 1.54) is 12.1 Å². The molecule has 8 heteroatoms. The number of amides is 3. The molecule has 2 aromatic carbocycles. The number of benzene rings is 2. The second-order valence-electron chi connectivity index (χ2n) is 10.8. The Morgan fingerprint density at radius 3 is 2.27 bits per heavy atom. The van der Waals surface area contributed by atoms with Gasteiger partial charge in [0.15, 0.2) is 0 Å². The van der Waals surface area contributed by atoms with Gasteiger partial charge in [-0.25, -0.2) is 9.69 Å². The van der Waals surface area contributed by atoms with Crippen molar-refractivity contribution < 1.29 is 23.9 Å². The normalized spacial score (nSPS) is 20.2. The zero-order valence-electron chi connectivity index (χ0n) is 21.9. The average molecular weight is 525 g/mol. The predicted octanol–water partition coefficient (Wildman–Crippen LogP) is 4.90. The summed E-state index contributed by atoms with van der Waals surface area (Å²) in [6.45, 7) is 10.5. The molecule has 1 heterocycles. The topological polar surface area (TPSA) is 84.0 Å². The van der Waals surface area contributed by atoms with Crippen LogP contribution in [0, 0.1) is 16.7 Å². The minimum Gasteiger partial charge on any atom is -0.462 e. The summed E-state index contributed by atoms with van der Waals surface area (Å²) in [5, 5.41) is 0.601. The fourth-order valence-corrected chi connectivity index (χ4v) is 5.65. The van der Waals surface area contributed by atoms with E-state index in [1.54, 1.807) is 30.0 Å². The Hall–Kier alpha value is -3.19. The lowest BCUT2D eigenvalue weighted by atomic mass is 10.0. The van der Waals surface area contributed by atoms with Gasteiger partial charge in [-0.1, -0.05) is 51.4 Å². The highest BCUT2D eigenvalue weighted by Crippen LogP contribution is 2.69. The van der Waals surface area contributed by atoms with E-state index in [4.69, 9.17) is 16.3 Å². The Labute approximate surface area is 222 Å². The molecule has 0 aromatic heterocycles. The van der Waals surface area contributed by atoms with Gasteiger partial charge >= 0.3 is 5.97 Å². The molecule has 3 amide bonds. The molecule has 196 valence electrons. The Balaban J connectivity index is 1.59. The first-order chi connectivity index (χ1) is 17.4. The highest BCUT2D eigenvalue weighted by atomic mass is 35.5. The van der Waals surface area contributed by atoms with Crippen molar-refractivity contribution >= 4 is 41.0 Å². The summed E-state index contributed by atoms with van der Waals surface area (Å²) in [4.78, 5) is 55.2. The van der Waals surface area contributed by atoms with Gasteiger partial charge in [0.05, 0.1) is 24.3 Å². The van der Waals surface area contributed by atoms with Crippen LogP contribution in [-0.4, -0.2) is 47.8 Å². The van der Waals surface area contributed by atoms with Crippen LogP contribution in [0.25, 0.3) is 0 Å². The van der Waals surface area contributed by atoms with Crippen molar-refractivity contribution in [2.75, 3.05) is 18.1 Å². The maximum atomic E-state index is 13.9. The summed E-state index contributed by atoms with van der Waals surface area (Å²) in [7, 11) is 0. The standard InChI is InChI=1S/C29H33ClN2O5/c1-6-37-27(36)19-10-12-21(13-11-19)32-23(33)17-22(25(32)34)31(15-14-18-8-7-9-20(30)16-18)26(35)24-28(2,3)29(24,4)5/h7-13,16,22,24H,6,14-15,17H2,1-5H3. The van der Waals surface area contributed by atoms with Crippen molar-refractivity contribution in [2.45, 2.75) is 53.5 Å². The van der Waals surface area contributed by atoms with Crippen molar-refractivity contribution in [3.05, 3.63) is 64.7 Å². The SMILES string of the molecule is CCOC(=O)c1ccc(N2C(=O)CC(N(CCc3cccc(Cl)c3)C(=O)C3C(C)(C)C3(C)C)C2=O)cc1. The van der Waals surface area contributed by atoms with E-state index in [-0.39, 0.29) is 41.6 Å². The first-order valence-electron chi connectivity index (χ1n) is 12.6. The molecule has 7 nitrogen and oxygen atoms in total. The van der Waals surface area contributed by atoms with Crippen molar-refractivity contribution in [1.29, 1.82) is 0 Å². The van der Waals surface area contributed by atoms with Crippen molar-refractivity contribution in [1.82, 2.24) is 4.90 Å². The summed E-state index contributed by atoms with van der Waals surface area (Å²) < 4.78 is 5.00. The van der Waals surface area contributed by atoms with Crippen molar-refractivity contribution in [3.8, 4) is 0 Å². The van der Waals surface area contributed by atoms with Crippen LogP contribution >= 0.6 is 11.6 Å². The van der Waals surface area contributed by atoms with Gasteiger partial charge in [-0.15, -0.1) is 0 Å². The van der Waals surface area contributed by atoms with Crippen LogP contribution < -0.4 is 4.90 Å². The molecule has 1 saturated heterocycles. The van der Waals surface area contributed by atoms with Crippen LogP contribution in [0.2, 0.25) is 5.02 Å². The maximum Gasteiger partial charge on any atom is 0.338 e. The van der Waals surface area contributed by atoms with E-state index in [2.05, 4.69) is 27.7 Å². The van der Waals surface area contributed by atoms with Gasteiger partial charge < -0.3 is 9.64 Å². The lowest BCUT2D eigenvalue weighted by Gasteiger charge is -2.29. The van der Waals surface area contributed by atoms with E-state index in [9.17, 15) is 19.2 Å². The average Bonchev–Trinajstić information content (AvgIpc) is 3.07. The highest BCUT2D eigenvalue weighted by Gasteiger charge is 2.69. The molecule has 2 aromatic rings. The second-order valence-corrected chi connectivity index (χ2v) is 11.3. The fourth-order valence-electron chi connectivity index (χ4n) is 5.43. The number of anilines is 1. The number of halogens is 1. The smallest absolute Gasteiger partial charge is 0.338 e. The van der Waals surface area contributed by atoms with Gasteiger partial charge in [0.1, 0.15) is 6.04 Å². The molecule has 0 N–H and O–H groups in total. The zero-order chi connectivity index (χ0) is 27.1. The minimum absolute atomic E-state index is 0.0900. The van der Waals surface area contributed by atoms with Crippen LogP contribution in [0.5, 0.6) is 0 Å². The van der Waals surface area contributed by atoms with Crippen LogP contribution in [-0.2, 0) is 25.5 Å². The van der Waals surface area contributed by atoms with Gasteiger partial charge in [0.25, 0.3) is 5.91 Å². The zero-order valence-corrected chi connectivity index (χ0v) is 22.7. The summed E-state index contributed by atoms with van der Waals surface area (Å²) >= 11 is 6.15. The monoisotopic (exact) mass is 524 g/mol. The molecule has 2 aliphatic rings. The van der Waals surface area contributed by atoms with E-state index >= 15 is 0 Å². The van der Waals surface area contributed by atoms with Crippen molar-refractivity contribution in [2.24, 2.45) is 16.7 Å². The van der Waals surface area contributed by atoms with E-state index < -0.39 is 17.9 Å². The molecule has 0 spiro atoms. The number of ether oxygens (including phenoxy) is 1. The number of esters is 1. The van der Waals surface area contributed by atoms with Crippen LogP contribution in [0.3, 0.4) is 0 Å². The predicted molar refractivity (Wildman–Crippen MR) is 141 cm³/mol. The van der Waals surface area contributed by atoms with E-state index in [0.717, 1.165) is 10.5 Å². The third-order valence-electron chi connectivity index (χ3n) is 8.22. The second kappa shape index (κ2) is 9.93. The number of nitrogens with zero attached hydrogens (tertiary/aromatic N) is 2. The van der Waals surface area contributed by atoms with Gasteiger partial charge in [0, 0.05) is 17.5 Å². The lowest BCUT2D eigenvalue weighted by Crippen LogP contribution is -2.47. The number of hydrogen-bond donors (Lipinski definition) is 0. The summed E-state index contributed by atoms with van der Waals surface area (Å²) in [6, 6.07) is 12.7. The number of carbonyl (C=O) groups excluding carboxylic acids is 4. The third-order valence-corrected chi connectivity index (χ3v) is 8.45. The Bertz CT molecular complexity index is 1220. The molecule has 2 fully saturated rings. The molecule has 1 saturated carbocycles. The number of hydrogen-bond acceptors (Lipinski definition) is 5. The molecule has 0 radical (unpaired) electrons. The minimum atomic E-state index is -0.892. The molecule has 4 rings (SSSR count). The van der Waals surface area contributed by atoms with Gasteiger partial charge in [-0.05, 0) is 66.1 Å². The Morgan fingerprint density at radius 1 is 1.05 bits per heavy atom. The van der Waals surface area contributed by atoms with E-state index in [1.807, 2.05) is 18.2 Å². The van der Waals surface area contributed by atoms with Crippen LogP contribution in [0.4, 0.5) is 5.69 Å². The molecular formula is C29H33ClN2O5. The van der Waals surface area contributed by atoms with Gasteiger partial charge in [-0.3, -0.25) is 14.4 Å². The maximum absolute atomic E-state index is 13.9. The van der Waals surface area contributed by atoms with Crippen molar-refractivity contribution in [3.63, 3.8) is 0 Å². The molecule has 1 atom stereocenters. The Kier molecular flexibility index (Phi) is 7.21. The Morgan fingerprint density at radius 2 is 1.70 bits per heavy atom. The fraction of sp³-hybridized carbons (Fsp3) is 0.448. The molecule has 37 heavy (non-hydrogen) atoms. The lowest BCUT2D eigenvalue weighted by molar-refractivity contribution is -0.140. The quantitative estimate of drug-likeness (QED) is 0.362.